The predicted molar refractivity (Wildman–Crippen MR) is 111 cm³/mol. The zero-order chi connectivity index (χ0) is 21.1. The molecule has 0 aliphatic rings. The molecule has 0 aliphatic heterocycles. The molecule has 4 aromatic rings. The molecule has 0 unspecified atom stereocenters. The van der Waals surface area contributed by atoms with E-state index in [0.29, 0.717) is 39.7 Å². The van der Waals surface area contributed by atoms with Crippen molar-refractivity contribution in [2.75, 3.05) is 21.3 Å². The Bertz CT molecular complexity index is 1160. The van der Waals surface area contributed by atoms with Gasteiger partial charge in [0.1, 0.15) is 11.3 Å². The third kappa shape index (κ3) is 3.53. The van der Waals surface area contributed by atoms with Gasteiger partial charge in [0.2, 0.25) is 11.6 Å². The number of allylic oxidation sites excluding steroid dienone is 1. The Morgan fingerprint density at radius 2 is 1.70 bits per heavy atom. The van der Waals surface area contributed by atoms with Crippen LogP contribution in [0, 0.1) is 0 Å². The van der Waals surface area contributed by atoms with Crippen molar-refractivity contribution in [3.63, 3.8) is 0 Å². The maximum absolute atomic E-state index is 13.5. The molecule has 0 fully saturated rings. The van der Waals surface area contributed by atoms with Crippen LogP contribution in [0.4, 0.5) is 0 Å². The van der Waals surface area contributed by atoms with E-state index < -0.39 is 0 Å². The summed E-state index contributed by atoms with van der Waals surface area (Å²) >= 11 is 0. The molecular formula is C23H19NO6. The summed E-state index contributed by atoms with van der Waals surface area (Å²) in [4.78, 5) is 18.0. The van der Waals surface area contributed by atoms with Crippen molar-refractivity contribution in [2.45, 2.75) is 0 Å². The summed E-state index contributed by atoms with van der Waals surface area (Å²) in [6.07, 6.45) is 3.12. The van der Waals surface area contributed by atoms with E-state index in [9.17, 15) is 4.79 Å². The molecule has 7 nitrogen and oxygen atoms in total. The molecule has 152 valence electrons. The Balaban J connectivity index is 1.86. The fourth-order valence-electron chi connectivity index (χ4n) is 3.10. The highest BCUT2D eigenvalue weighted by atomic mass is 16.5. The Hall–Kier alpha value is -4.00. The van der Waals surface area contributed by atoms with Crippen molar-refractivity contribution in [1.29, 1.82) is 0 Å². The van der Waals surface area contributed by atoms with Crippen LogP contribution in [0.1, 0.15) is 22.0 Å². The molecule has 0 atom stereocenters. The van der Waals surface area contributed by atoms with Gasteiger partial charge in [-0.15, -0.1) is 0 Å². The topological polar surface area (TPSA) is 83.9 Å². The monoisotopic (exact) mass is 405 g/mol. The molecule has 0 bridgehead atoms. The highest BCUT2D eigenvalue weighted by Gasteiger charge is 2.24. The number of furan rings is 1. The zero-order valence-electron chi connectivity index (χ0n) is 16.7. The number of benzene rings is 2. The molecule has 0 saturated carbocycles. The van der Waals surface area contributed by atoms with Crippen LogP contribution in [0.2, 0.25) is 0 Å². The van der Waals surface area contributed by atoms with E-state index in [1.165, 1.54) is 27.6 Å². The van der Waals surface area contributed by atoms with Crippen LogP contribution in [0.15, 0.2) is 63.6 Å². The summed E-state index contributed by atoms with van der Waals surface area (Å²) in [5.74, 6) is 1.48. The first kappa shape index (κ1) is 19.3. The maximum atomic E-state index is 13.5. The van der Waals surface area contributed by atoms with E-state index in [2.05, 4.69) is 4.98 Å². The molecule has 0 aliphatic carbocycles. The molecule has 0 N–H and O–H groups in total. The van der Waals surface area contributed by atoms with Crippen LogP contribution < -0.4 is 14.2 Å². The van der Waals surface area contributed by atoms with Gasteiger partial charge in [-0.1, -0.05) is 12.1 Å². The number of hydrogen-bond acceptors (Lipinski definition) is 7. The van der Waals surface area contributed by atoms with Crippen molar-refractivity contribution < 1.29 is 27.8 Å². The third-order valence-corrected chi connectivity index (χ3v) is 4.53. The van der Waals surface area contributed by atoms with E-state index in [1.807, 2.05) is 18.2 Å². The van der Waals surface area contributed by atoms with Gasteiger partial charge in [0.25, 0.3) is 0 Å². The second kappa shape index (κ2) is 8.16. The first-order valence-electron chi connectivity index (χ1n) is 9.10. The quantitative estimate of drug-likeness (QED) is 0.320. The molecule has 30 heavy (non-hydrogen) atoms. The summed E-state index contributed by atoms with van der Waals surface area (Å²) in [7, 11) is 4.49. The largest absolute Gasteiger partial charge is 0.493 e. The number of Topliss-reactive ketones (excluding diaryl/α,β-unsaturated/α-hetero) is 1. The SMILES string of the molecule is COc1cc(C(=O)C(=Cc2ccco2)c2nc3ccccc3o2)cc(OC)c1OC. The average molecular weight is 405 g/mol. The number of hydrogen-bond donors (Lipinski definition) is 0. The smallest absolute Gasteiger partial charge is 0.231 e. The van der Waals surface area contributed by atoms with E-state index in [-0.39, 0.29) is 17.2 Å². The minimum absolute atomic E-state index is 0.186. The van der Waals surface area contributed by atoms with Gasteiger partial charge in [0, 0.05) is 5.56 Å². The van der Waals surface area contributed by atoms with Crippen molar-refractivity contribution in [3.8, 4) is 17.2 Å². The number of aromatic nitrogens is 1. The van der Waals surface area contributed by atoms with Crippen molar-refractivity contribution >= 4 is 28.5 Å². The first-order valence-corrected chi connectivity index (χ1v) is 9.10. The number of ketones is 1. The van der Waals surface area contributed by atoms with Gasteiger partial charge in [-0.2, -0.15) is 0 Å². The van der Waals surface area contributed by atoms with Gasteiger partial charge in [0.05, 0.1) is 33.2 Å². The summed E-state index contributed by atoms with van der Waals surface area (Å²) < 4.78 is 27.3. The van der Waals surface area contributed by atoms with E-state index >= 15 is 0 Å². The second-order valence-corrected chi connectivity index (χ2v) is 6.30. The number of oxazole rings is 1. The van der Waals surface area contributed by atoms with Crippen molar-refractivity contribution in [2.24, 2.45) is 0 Å². The average Bonchev–Trinajstić information content (AvgIpc) is 3.45. The highest BCUT2D eigenvalue weighted by molar-refractivity contribution is 6.31. The van der Waals surface area contributed by atoms with Gasteiger partial charge in [-0.05, 0) is 42.5 Å². The van der Waals surface area contributed by atoms with Gasteiger partial charge in [-0.3, -0.25) is 4.79 Å². The van der Waals surface area contributed by atoms with E-state index in [1.54, 1.807) is 36.4 Å². The number of rotatable bonds is 7. The standard InChI is InChI=1S/C23H19NO6/c1-26-19-11-14(12-20(27-2)22(19)28-3)21(25)16(13-15-7-6-10-29-15)23-24-17-8-4-5-9-18(17)30-23/h4-13H,1-3H3. The predicted octanol–water partition coefficient (Wildman–Crippen LogP) is 4.87. The molecule has 2 heterocycles. The molecule has 0 radical (unpaired) electrons. The second-order valence-electron chi connectivity index (χ2n) is 6.30. The number of ether oxygens (including phenoxy) is 3. The molecule has 0 saturated heterocycles. The minimum atomic E-state index is -0.336. The van der Waals surface area contributed by atoms with Crippen LogP contribution in [0.3, 0.4) is 0 Å². The molecule has 0 spiro atoms. The van der Waals surface area contributed by atoms with Crippen molar-refractivity contribution in [3.05, 3.63) is 72.0 Å². The molecule has 4 rings (SSSR count). The lowest BCUT2D eigenvalue weighted by atomic mass is 10.0. The van der Waals surface area contributed by atoms with Crippen molar-refractivity contribution in [1.82, 2.24) is 4.98 Å². The maximum Gasteiger partial charge on any atom is 0.231 e. The van der Waals surface area contributed by atoms with Gasteiger partial charge in [0.15, 0.2) is 22.9 Å². The Morgan fingerprint density at radius 3 is 2.30 bits per heavy atom. The Morgan fingerprint density at radius 1 is 0.967 bits per heavy atom. The Kier molecular flexibility index (Phi) is 5.26. The molecule has 7 heteroatoms. The normalized spacial score (nSPS) is 11.5. The Labute approximate surface area is 172 Å². The molecule has 2 aromatic heterocycles. The van der Waals surface area contributed by atoms with Crippen LogP contribution >= 0.6 is 0 Å². The number of carbonyl (C=O) groups excluding carboxylic acids is 1. The fourth-order valence-corrected chi connectivity index (χ4v) is 3.10. The summed E-state index contributed by atoms with van der Waals surface area (Å²) in [5.41, 5.74) is 1.78. The van der Waals surface area contributed by atoms with Gasteiger partial charge < -0.3 is 23.0 Å². The van der Waals surface area contributed by atoms with Crippen LogP contribution in [-0.2, 0) is 0 Å². The summed E-state index contributed by atoms with van der Waals surface area (Å²) in [6, 6.07) is 14.0. The lowest BCUT2D eigenvalue weighted by Crippen LogP contribution is -2.05. The number of para-hydroxylation sites is 2. The summed E-state index contributed by atoms with van der Waals surface area (Å²) in [5, 5.41) is 0. The molecular weight excluding hydrogens is 386 g/mol. The molecule has 0 amide bonds. The molecule has 2 aromatic carbocycles. The fraction of sp³-hybridized carbons (Fsp3) is 0.130. The van der Waals surface area contributed by atoms with Gasteiger partial charge in [-0.25, -0.2) is 4.98 Å². The highest BCUT2D eigenvalue weighted by Crippen LogP contribution is 2.39. The zero-order valence-corrected chi connectivity index (χ0v) is 16.7. The minimum Gasteiger partial charge on any atom is -0.493 e. The van der Waals surface area contributed by atoms with E-state index in [0.717, 1.165) is 0 Å². The van der Waals surface area contributed by atoms with Crippen LogP contribution in [-0.4, -0.2) is 32.1 Å². The van der Waals surface area contributed by atoms with Crippen LogP contribution in [0.25, 0.3) is 22.7 Å². The first-order chi connectivity index (χ1) is 14.6. The lowest BCUT2D eigenvalue weighted by molar-refractivity contribution is 0.105. The van der Waals surface area contributed by atoms with Gasteiger partial charge >= 0.3 is 0 Å². The number of carbonyl (C=O) groups is 1. The number of fused-ring (bicyclic) bond motifs is 1. The third-order valence-electron chi connectivity index (χ3n) is 4.53. The summed E-state index contributed by atoms with van der Waals surface area (Å²) in [6.45, 7) is 0. The lowest BCUT2D eigenvalue weighted by Gasteiger charge is -2.14. The number of methoxy groups -OCH3 is 3. The number of nitrogens with zero attached hydrogens (tertiary/aromatic N) is 1. The van der Waals surface area contributed by atoms with Crippen LogP contribution in [0.5, 0.6) is 17.2 Å². The van der Waals surface area contributed by atoms with E-state index in [4.69, 9.17) is 23.0 Å².